The van der Waals surface area contributed by atoms with Crippen molar-refractivity contribution in [1.82, 2.24) is 4.90 Å². The van der Waals surface area contributed by atoms with E-state index in [1.165, 1.54) is 4.90 Å². The Bertz CT molecular complexity index is 2270. The molecule has 0 saturated carbocycles. The first-order chi connectivity index (χ1) is 27.2. The maximum atomic E-state index is 14.4. The number of nitrogens with zero attached hydrogens (tertiary/aromatic N) is 1. The molecule has 0 aliphatic carbocycles. The smallest absolute Gasteiger partial charge is 0.346 e. The molecule has 14 nitrogen and oxygen atoms in total. The normalized spacial score (nSPS) is 13.7. The number of nitrogens with two attached hydrogens (primary N) is 1. The van der Waals surface area contributed by atoms with Gasteiger partial charge >= 0.3 is 17.9 Å². The molecule has 0 unspecified atom stereocenters. The Morgan fingerprint density at radius 2 is 0.982 bits per heavy atom. The Kier molecular flexibility index (Phi) is 11.1. The lowest BCUT2D eigenvalue weighted by molar-refractivity contribution is -0.143. The number of imide groups is 1. The van der Waals surface area contributed by atoms with Crippen LogP contribution >= 0.6 is 0 Å². The minimum atomic E-state index is -0.810. The molecule has 0 saturated heterocycles. The van der Waals surface area contributed by atoms with Crippen molar-refractivity contribution in [1.29, 1.82) is 0 Å². The summed E-state index contributed by atoms with van der Waals surface area (Å²) in [7, 11) is 0. The fraction of sp³-hybridized carbons (Fsp3) is 0.405. The number of carbonyl (C=O) groups is 5. The standard InChI is InChI=1S/C42H44N2O12/c1-5-50-26-18-22-31-23(40(47)44(39(22)46)15-11-13-16-54-30(45)14-10-9-12-17-55-43)19-27(51-6-2)34-36-29(53-8-4)21-25-32-24(41(48)56-42(25)49)20-28(52-7-3)35(38(32)36)33(26)37(31)34/h18-21H,5-17,43H2,1-4H3. The van der Waals surface area contributed by atoms with Crippen LogP contribution in [0, 0.1) is 0 Å². The van der Waals surface area contributed by atoms with E-state index in [4.69, 9.17) is 34.3 Å². The largest absolute Gasteiger partial charge is 0.493 e. The molecule has 14 heteroatoms. The van der Waals surface area contributed by atoms with Gasteiger partial charge < -0.3 is 33.3 Å². The second-order valence-corrected chi connectivity index (χ2v) is 13.5. The van der Waals surface area contributed by atoms with Gasteiger partial charge in [0.15, 0.2) is 0 Å². The average molecular weight is 769 g/mol. The van der Waals surface area contributed by atoms with Gasteiger partial charge in [0.1, 0.15) is 23.0 Å². The molecule has 0 fully saturated rings. The van der Waals surface area contributed by atoms with Crippen molar-refractivity contribution >= 4 is 72.8 Å². The quantitative estimate of drug-likeness (QED) is 0.0173. The number of rotatable bonds is 19. The van der Waals surface area contributed by atoms with Crippen molar-refractivity contribution < 1.29 is 57.2 Å². The number of cyclic esters (lactones) is 2. The Balaban J connectivity index is 1.40. The number of fused-ring (bicyclic) bond motifs is 2. The van der Waals surface area contributed by atoms with Gasteiger partial charge in [0.25, 0.3) is 11.8 Å². The summed E-state index contributed by atoms with van der Waals surface area (Å²) in [4.78, 5) is 73.5. The number of amides is 2. The van der Waals surface area contributed by atoms with Gasteiger partial charge in [-0.3, -0.25) is 19.3 Å². The molecule has 0 aromatic heterocycles. The van der Waals surface area contributed by atoms with Crippen LogP contribution in [0.4, 0.5) is 0 Å². The maximum Gasteiger partial charge on any atom is 0.346 e. The van der Waals surface area contributed by atoms with Crippen LogP contribution in [0.25, 0.3) is 43.1 Å². The van der Waals surface area contributed by atoms with Crippen LogP contribution in [0.15, 0.2) is 24.3 Å². The molecule has 2 aliphatic heterocycles. The molecule has 7 rings (SSSR count). The lowest BCUT2D eigenvalue weighted by Crippen LogP contribution is -2.41. The number of esters is 3. The summed E-state index contributed by atoms with van der Waals surface area (Å²) in [6, 6.07) is 6.43. The van der Waals surface area contributed by atoms with Crippen molar-refractivity contribution in [2.24, 2.45) is 5.90 Å². The van der Waals surface area contributed by atoms with Crippen molar-refractivity contribution in [2.45, 2.75) is 66.2 Å². The lowest BCUT2D eigenvalue weighted by Gasteiger charge is -2.31. The first kappa shape index (κ1) is 38.5. The van der Waals surface area contributed by atoms with Crippen LogP contribution in [-0.2, 0) is 19.1 Å². The molecule has 0 bridgehead atoms. The van der Waals surface area contributed by atoms with Crippen LogP contribution in [0.3, 0.4) is 0 Å². The van der Waals surface area contributed by atoms with Crippen LogP contribution in [0.1, 0.15) is 108 Å². The summed E-state index contributed by atoms with van der Waals surface area (Å²) in [5.41, 5.74) is 0.837. The second kappa shape index (κ2) is 16.2. The van der Waals surface area contributed by atoms with E-state index < -0.39 is 23.8 Å². The van der Waals surface area contributed by atoms with Gasteiger partial charge in [0.05, 0.1) is 61.9 Å². The molecule has 294 valence electrons. The highest BCUT2D eigenvalue weighted by Gasteiger charge is 2.39. The molecule has 2 aliphatic rings. The van der Waals surface area contributed by atoms with Gasteiger partial charge in [-0.2, -0.15) is 0 Å². The molecule has 2 amide bonds. The van der Waals surface area contributed by atoms with E-state index >= 15 is 0 Å². The minimum Gasteiger partial charge on any atom is -0.493 e. The zero-order valence-corrected chi connectivity index (χ0v) is 31.9. The summed E-state index contributed by atoms with van der Waals surface area (Å²) < 4.78 is 35.7. The molecule has 5 aromatic rings. The zero-order chi connectivity index (χ0) is 39.7. The van der Waals surface area contributed by atoms with Gasteiger partial charge in [-0.25, -0.2) is 15.5 Å². The van der Waals surface area contributed by atoms with Gasteiger partial charge in [-0.1, -0.05) is 6.42 Å². The highest BCUT2D eigenvalue weighted by Crippen LogP contribution is 2.56. The van der Waals surface area contributed by atoms with Crippen LogP contribution in [-0.4, -0.2) is 80.8 Å². The summed E-state index contributed by atoms with van der Waals surface area (Å²) in [5.74, 6) is 3.45. The summed E-state index contributed by atoms with van der Waals surface area (Å²) in [6.07, 6.45) is 3.35. The Morgan fingerprint density at radius 3 is 1.43 bits per heavy atom. The molecule has 5 aromatic carbocycles. The fourth-order valence-electron chi connectivity index (χ4n) is 7.94. The third-order valence-corrected chi connectivity index (χ3v) is 10.1. The highest BCUT2D eigenvalue weighted by atomic mass is 16.6. The first-order valence-corrected chi connectivity index (χ1v) is 19.2. The van der Waals surface area contributed by atoms with Gasteiger partial charge in [-0.15, -0.1) is 0 Å². The topological polar surface area (TPSA) is 179 Å². The third kappa shape index (κ3) is 6.45. The number of carbonyl (C=O) groups excluding carboxylic acids is 5. The SMILES string of the molecule is CCOc1cc2c3c(cc(OCC)c4c5c(OCC)cc6c7c(cc(OCC)c(c1c34)c75)C(=O)N(CCCCOC(=O)CCCCCON)C6=O)C(=O)OC2=O. The van der Waals surface area contributed by atoms with E-state index in [-0.39, 0.29) is 74.2 Å². The predicted octanol–water partition coefficient (Wildman–Crippen LogP) is 7.01. The van der Waals surface area contributed by atoms with E-state index in [0.717, 1.165) is 12.8 Å². The van der Waals surface area contributed by atoms with Crippen LogP contribution in [0.5, 0.6) is 23.0 Å². The molecule has 0 radical (unpaired) electrons. The number of hydrogen-bond donors (Lipinski definition) is 1. The summed E-state index contributed by atoms with van der Waals surface area (Å²) >= 11 is 0. The van der Waals surface area contributed by atoms with E-state index in [2.05, 4.69) is 4.84 Å². The molecule has 0 spiro atoms. The van der Waals surface area contributed by atoms with Crippen LogP contribution < -0.4 is 24.8 Å². The minimum absolute atomic E-state index is 0.0908. The summed E-state index contributed by atoms with van der Waals surface area (Å²) in [5, 5.41) is 3.92. The third-order valence-electron chi connectivity index (χ3n) is 10.1. The molecule has 2 heterocycles. The molecule has 2 N–H and O–H groups in total. The van der Waals surface area contributed by atoms with Crippen molar-refractivity contribution in [2.75, 3.05) is 46.2 Å². The zero-order valence-electron chi connectivity index (χ0n) is 31.9. The predicted molar refractivity (Wildman–Crippen MR) is 206 cm³/mol. The molecular formula is C42H44N2O12. The molecule has 0 atom stereocenters. The lowest BCUT2D eigenvalue weighted by atomic mass is 9.81. The number of benzene rings is 5. The van der Waals surface area contributed by atoms with Crippen molar-refractivity contribution in [3.63, 3.8) is 0 Å². The van der Waals surface area contributed by atoms with Gasteiger partial charge in [0, 0.05) is 56.1 Å². The van der Waals surface area contributed by atoms with E-state index in [1.807, 2.05) is 27.7 Å². The Morgan fingerprint density at radius 1 is 0.554 bits per heavy atom. The first-order valence-electron chi connectivity index (χ1n) is 19.2. The molecule has 56 heavy (non-hydrogen) atoms. The average Bonchev–Trinajstić information content (AvgIpc) is 3.18. The molecular weight excluding hydrogens is 724 g/mol. The van der Waals surface area contributed by atoms with Crippen molar-refractivity contribution in [3.8, 4) is 23.0 Å². The number of ether oxygens (including phenoxy) is 6. The van der Waals surface area contributed by atoms with Crippen molar-refractivity contribution in [3.05, 3.63) is 46.5 Å². The monoisotopic (exact) mass is 768 g/mol. The number of unbranched alkanes of at least 4 members (excludes halogenated alkanes) is 3. The fourth-order valence-corrected chi connectivity index (χ4v) is 7.94. The Hall–Kier alpha value is -5.73. The number of hydrogen-bond acceptors (Lipinski definition) is 13. The van der Waals surface area contributed by atoms with E-state index in [9.17, 15) is 24.0 Å². The Labute approximate surface area is 322 Å². The van der Waals surface area contributed by atoms with Gasteiger partial charge in [-0.05, 0) is 77.6 Å². The van der Waals surface area contributed by atoms with E-state index in [1.54, 1.807) is 24.3 Å². The van der Waals surface area contributed by atoms with Gasteiger partial charge in [0.2, 0.25) is 0 Å². The van der Waals surface area contributed by atoms with Crippen LogP contribution in [0.2, 0.25) is 0 Å². The highest BCUT2D eigenvalue weighted by molar-refractivity contribution is 6.44. The summed E-state index contributed by atoms with van der Waals surface area (Å²) in [6.45, 7) is 8.89. The second-order valence-electron chi connectivity index (χ2n) is 13.5. The maximum absolute atomic E-state index is 14.4. The van der Waals surface area contributed by atoms with E-state index in [0.29, 0.717) is 92.0 Å².